The first-order chi connectivity index (χ1) is 26.2. The summed E-state index contributed by atoms with van der Waals surface area (Å²) in [5.74, 6) is -7.59. The number of phenols is 8. The maximum absolute atomic E-state index is 13.7. The summed E-state index contributed by atoms with van der Waals surface area (Å²) in [6.07, 6.45) is 1.76. The van der Waals surface area contributed by atoms with Gasteiger partial charge >= 0.3 is 11.9 Å². The Labute approximate surface area is 316 Å². The molecule has 0 spiro atoms. The van der Waals surface area contributed by atoms with Crippen LogP contribution in [0.4, 0.5) is 0 Å². The van der Waals surface area contributed by atoms with Crippen molar-refractivity contribution < 1.29 is 60.3 Å². The van der Waals surface area contributed by atoms with Gasteiger partial charge in [0.15, 0.2) is 40.2 Å². The third-order valence-corrected chi connectivity index (χ3v) is 9.35. The lowest BCUT2D eigenvalue weighted by Gasteiger charge is -2.25. The van der Waals surface area contributed by atoms with Gasteiger partial charge in [-0.3, -0.25) is 0 Å². The first kappa shape index (κ1) is 39.6. The van der Waals surface area contributed by atoms with Crippen LogP contribution in [0.15, 0.2) is 78.9 Å². The molecule has 288 valence electrons. The molecule has 2 atom stereocenters. The third kappa shape index (κ3) is 8.79. The van der Waals surface area contributed by atoms with Crippen LogP contribution in [-0.2, 0) is 14.3 Å². The number of carbonyl (C=O) groups excluding carboxylic acids is 1. The predicted molar refractivity (Wildman–Crippen MR) is 205 cm³/mol. The maximum atomic E-state index is 13.7. The zero-order valence-corrected chi connectivity index (χ0v) is 30.2. The number of nitrogens with one attached hydrogen (secondary N) is 1. The SMILES string of the molecule is CCCCCC(=CC(=O)OC(C(=O)O)C(CNCC)c1cc(O)c(O)c(O)c1)c1cc(O)c(O)c2ccc(-c3cc(O)c(O)cc3-c3cccc(O)c3)cc12. The van der Waals surface area contributed by atoms with Gasteiger partial charge in [-0.2, -0.15) is 0 Å². The summed E-state index contributed by atoms with van der Waals surface area (Å²) in [7, 11) is 0. The number of aromatic hydroxyl groups is 8. The van der Waals surface area contributed by atoms with Crippen molar-refractivity contribution in [3.05, 3.63) is 90.0 Å². The lowest BCUT2D eigenvalue weighted by atomic mass is 9.89. The fourth-order valence-corrected chi connectivity index (χ4v) is 6.55. The molecule has 5 aromatic rings. The topological polar surface area (TPSA) is 237 Å². The number of fused-ring (bicyclic) bond motifs is 1. The van der Waals surface area contributed by atoms with Crippen molar-refractivity contribution >= 4 is 28.3 Å². The highest BCUT2D eigenvalue weighted by molar-refractivity contribution is 6.05. The van der Waals surface area contributed by atoms with Crippen molar-refractivity contribution in [3.8, 4) is 68.2 Å². The van der Waals surface area contributed by atoms with Gasteiger partial charge in [-0.15, -0.1) is 0 Å². The molecular formula is C42H43NO12. The van der Waals surface area contributed by atoms with E-state index in [1.54, 1.807) is 37.3 Å². The van der Waals surface area contributed by atoms with Crippen LogP contribution in [0.5, 0.6) is 46.0 Å². The molecule has 0 saturated carbocycles. The number of carboxylic acids is 1. The van der Waals surface area contributed by atoms with Gasteiger partial charge in [0, 0.05) is 23.9 Å². The molecule has 0 radical (unpaired) electrons. The number of carboxylic acid groups (broad SMARTS) is 1. The van der Waals surface area contributed by atoms with Crippen molar-refractivity contribution in [2.45, 2.75) is 51.6 Å². The normalized spacial score (nSPS) is 12.7. The lowest BCUT2D eigenvalue weighted by molar-refractivity contribution is -0.162. The molecule has 0 bridgehead atoms. The Morgan fingerprint density at radius 3 is 1.95 bits per heavy atom. The number of benzene rings is 5. The molecule has 0 aliphatic rings. The van der Waals surface area contributed by atoms with Gasteiger partial charge in [-0.1, -0.05) is 44.9 Å². The van der Waals surface area contributed by atoms with Crippen LogP contribution in [0.3, 0.4) is 0 Å². The third-order valence-electron chi connectivity index (χ3n) is 9.35. The minimum Gasteiger partial charge on any atom is -0.508 e. The van der Waals surface area contributed by atoms with Crippen molar-refractivity contribution in [1.29, 1.82) is 0 Å². The van der Waals surface area contributed by atoms with Crippen molar-refractivity contribution in [2.75, 3.05) is 13.1 Å². The van der Waals surface area contributed by atoms with E-state index in [1.807, 2.05) is 6.92 Å². The van der Waals surface area contributed by atoms with Gasteiger partial charge in [0.2, 0.25) is 6.10 Å². The van der Waals surface area contributed by atoms with E-state index in [0.717, 1.165) is 31.1 Å². The zero-order valence-electron chi connectivity index (χ0n) is 30.2. The van der Waals surface area contributed by atoms with Crippen LogP contribution in [-0.4, -0.2) is 77.1 Å². The highest BCUT2D eigenvalue weighted by atomic mass is 16.6. The largest absolute Gasteiger partial charge is 0.508 e. The van der Waals surface area contributed by atoms with Crippen molar-refractivity contribution in [3.63, 3.8) is 0 Å². The second-order valence-corrected chi connectivity index (χ2v) is 13.1. The van der Waals surface area contributed by atoms with Gasteiger partial charge in [-0.05, 0) is 118 Å². The standard InChI is InChI=1S/C42H43NO12/c1-3-5-6-8-23(17-38(50)55-41(42(53)54)32(21-43-4-2)25-15-35(47)40(52)36(48)16-25)30-20-37(49)39(51)27-12-11-24(14-31(27)30)29-19-34(46)33(45)18-28(29)22-9-7-10-26(44)13-22/h7,9-20,32,41,43-49,51-52H,3-6,8,21H2,1-2H3,(H,53,54). The number of esters is 1. The lowest BCUT2D eigenvalue weighted by Crippen LogP contribution is -2.38. The monoisotopic (exact) mass is 753 g/mol. The van der Waals surface area contributed by atoms with E-state index >= 15 is 0 Å². The number of allylic oxidation sites excluding steroid dienone is 1. The first-order valence-corrected chi connectivity index (χ1v) is 17.7. The molecule has 5 aromatic carbocycles. The fourth-order valence-electron chi connectivity index (χ4n) is 6.55. The second-order valence-electron chi connectivity index (χ2n) is 13.1. The summed E-state index contributed by atoms with van der Waals surface area (Å²) in [4.78, 5) is 26.4. The molecule has 55 heavy (non-hydrogen) atoms. The Hall–Kier alpha value is -6.60. The van der Waals surface area contributed by atoms with Crippen LogP contribution < -0.4 is 5.32 Å². The molecule has 0 aliphatic heterocycles. The number of aliphatic carboxylic acids is 1. The molecule has 0 aromatic heterocycles. The van der Waals surface area contributed by atoms with E-state index in [-0.39, 0.29) is 29.7 Å². The number of unbranched alkanes of at least 4 members (excludes halogenated alkanes) is 2. The van der Waals surface area contributed by atoms with Crippen LogP contribution in [0, 0.1) is 0 Å². The van der Waals surface area contributed by atoms with E-state index in [2.05, 4.69) is 5.32 Å². The van der Waals surface area contributed by atoms with E-state index in [0.29, 0.717) is 51.7 Å². The van der Waals surface area contributed by atoms with E-state index in [4.69, 9.17) is 4.74 Å². The van der Waals surface area contributed by atoms with Crippen molar-refractivity contribution in [1.82, 2.24) is 5.32 Å². The second kappa shape index (κ2) is 17.0. The van der Waals surface area contributed by atoms with Crippen LogP contribution >= 0.6 is 0 Å². The molecule has 0 fully saturated rings. The molecule has 0 saturated heterocycles. The maximum Gasteiger partial charge on any atom is 0.345 e. The Kier molecular flexibility index (Phi) is 12.3. The average Bonchev–Trinajstić information content (AvgIpc) is 3.15. The first-order valence-electron chi connectivity index (χ1n) is 17.7. The summed E-state index contributed by atoms with van der Waals surface area (Å²) in [5, 5.41) is 97.1. The molecule has 13 nitrogen and oxygen atoms in total. The summed E-state index contributed by atoms with van der Waals surface area (Å²) >= 11 is 0. The Balaban J connectivity index is 1.64. The van der Waals surface area contributed by atoms with Gasteiger partial charge in [0.05, 0.1) is 0 Å². The number of carbonyl (C=O) groups is 2. The highest BCUT2D eigenvalue weighted by Crippen LogP contribution is 2.45. The number of rotatable bonds is 15. The Morgan fingerprint density at radius 2 is 1.35 bits per heavy atom. The van der Waals surface area contributed by atoms with Crippen LogP contribution in [0.25, 0.3) is 38.6 Å². The fraction of sp³-hybridized carbons (Fsp3) is 0.238. The molecule has 13 heteroatoms. The molecule has 2 unspecified atom stereocenters. The van der Waals surface area contributed by atoms with Crippen molar-refractivity contribution in [2.24, 2.45) is 0 Å². The molecule has 0 heterocycles. The number of ether oxygens (including phenoxy) is 1. The zero-order chi connectivity index (χ0) is 40.0. The van der Waals surface area contributed by atoms with E-state index < -0.39 is 64.2 Å². The Morgan fingerprint density at radius 1 is 0.709 bits per heavy atom. The summed E-state index contributed by atoms with van der Waals surface area (Å²) in [6.45, 7) is 4.13. The smallest absolute Gasteiger partial charge is 0.345 e. The van der Waals surface area contributed by atoms with Gasteiger partial charge in [0.1, 0.15) is 5.75 Å². The quantitative estimate of drug-likeness (QED) is 0.0221. The molecule has 5 rings (SSSR count). The summed E-state index contributed by atoms with van der Waals surface area (Å²) in [5.41, 5.74) is 2.69. The number of phenolic OH excluding ortho intramolecular Hbond substituents is 8. The summed E-state index contributed by atoms with van der Waals surface area (Å²) in [6, 6.07) is 17.3. The van der Waals surface area contributed by atoms with Crippen LogP contribution in [0.1, 0.15) is 56.6 Å². The average molecular weight is 754 g/mol. The minimum atomic E-state index is -1.82. The number of likely N-dealkylation sites (N-methyl/N-ethyl adjacent to an activating group) is 1. The minimum absolute atomic E-state index is 0.0246. The Bertz CT molecular complexity index is 2240. The van der Waals surface area contributed by atoms with Gasteiger partial charge in [0.25, 0.3) is 0 Å². The van der Waals surface area contributed by atoms with E-state index in [1.165, 1.54) is 30.3 Å². The predicted octanol–water partition coefficient (Wildman–Crippen LogP) is 7.17. The summed E-state index contributed by atoms with van der Waals surface area (Å²) < 4.78 is 5.59. The molecule has 0 aliphatic carbocycles. The number of hydrogen-bond acceptors (Lipinski definition) is 12. The van der Waals surface area contributed by atoms with Gasteiger partial charge in [-0.25, -0.2) is 9.59 Å². The van der Waals surface area contributed by atoms with Crippen LogP contribution in [0.2, 0.25) is 0 Å². The highest BCUT2D eigenvalue weighted by Gasteiger charge is 2.34. The van der Waals surface area contributed by atoms with E-state index in [9.17, 15) is 55.5 Å². The van der Waals surface area contributed by atoms with Gasteiger partial charge < -0.3 is 56.0 Å². The molecule has 10 N–H and O–H groups in total. The number of hydrogen-bond donors (Lipinski definition) is 10. The molecule has 0 amide bonds. The molecular weight excluding hydrogens is 710 g/mol.